The Morgan fingerprint density at radius 2 is 2.20 bits per heavy atom. The van der Waals surface area contributed by atoms with Gasteiger partial charge < -0.3 is 5.73 Å². The Hall–Kier alpha value is -1.58. The van der Waals surface area contributed by atoms with Crippen LogP contribution >= 0.6 is 0 Å². The molecule has 15 heavy (non-hydrogen) atoms. The fourth-order valence-corrected chi connectivity index (χ4v) is 1.67. The first kappa shape index (κ1) is 9.96. The zero-order chi connectivity index (χ0) is 11.0. The number of nitrogen functional groups attached to an aromatic ring is 1. The van der Waals surface area contributed by atoms with E-state index in [9.17, 15) is 0 Å². The molecule has 2 heterocycles. The molecule has 80 valence electrons. The third kappa shape index (κ3) is 1.93. The zero-order valence-corrected chi connectivity index (χ0v) is 9.36. The molecule has 0 amide bonds. The minimum atomic E-state index is 0.570. The average molecular weight is 204 g/mol. The summed E-state index contributed by atoms with van der Waals surface area (Å²) < 4.78 is 1.77. The van der Waals surface area contributed by atoms with Crippen LogP contribution in [-0.2, 0) is 6.42 Å². The summed E-state index contributed by atoms with van der Waals surface area (Å²) in [6, 6.07) is 1.92. The van der Waals surface area contributed by atoms with Crippen molar-refractivity contribution < 1.29 is 0 Å². The Morgan fingerprint density at radius 3 is 2.87 bits per heavy atom. The zero-order valence-electron chi connectivity index (χ0n) is 9.36. The van der Waals surface area contributed by atoms with E-state index in [-0.39, 0.29) is 0 Å². The predicted octanol–water partition coefficient (Wildman–Crippen LogP) is 1.82. The molecule has 0 unspecified atom stereocenters. The van der Waals surface area contributed by atoms with Crippen LogP contribution < -0.4 is 5.73 Å². The number of pyridine rings is 1. The lowest BCUT2D eigenvalue weighted by Gasteiger charge is -1.97. The number of hydrogen-bond donors (Lipinski definition) is 1. The highest BCUT2D eigenvalue weighted by molar-refractivity contribution is 5.53. The van der Waals surface area contributed by atoms with Gasteiger partial charge in [0.1, 0.15) is 0 Å². The summed E-state index contributed by atoms with van der Waals surface area (Å²) in [6.45, 7) is 6.32. The van der Waals surface area contributed by atoms with Crippen LogP contribution in [0, 0.1) is 12.8 Å². The van der Waals surface area contributed by atoms with Crippen LogP contribution in [0.15, 0.2) is 12.3 Å². The van der Waals surface area contributed by atoms with Crippen LogP contribution in [0.1, 0.15) is 25.2 Å². The van der Waals surface area contributed by atoms with Crippen molar-refractivity contribution in [2.45, 2.75) is 27.2 Å². The molecule has 0 aromatic carbocycles. The van der Waals surface area contributed by atoms with Gasteiger partial charge in [-0.25, -0.2) is 9.50 Å². The van der Waals surface area contributed by atoms with Gasteiger partial charge in [-0.05, 0) is 24.5 Å². The highest BCUT2D eigenvalue weighted by atomic mass is 15.3. The first-order valence-electron chi connectivity index (χ1n) is 5.17. The molecule has 0 aliphatic rings. The van der Waals surface area contributed by atoms with E-state index in [1.807, 2.05) is 13.0 Å². The van der Waals surface area contributed by atoms with Gasteiger partial charge in [0.25, 0.3) is 0 Å². The number of hydrogen-bond acceptors (Lipinski definition) is 3. The van der Waals surface area contributed by atoms with E-state index in [4.69, 9.17) is 5.73 Å². The lowest BCUT2D eigenvalue weighted by molar-refractivity contribution is 0.620. The molecule has 0 spiro atoms. The van der Waals surface area contributed by atoms with Gasteiger partial charge in [-0.3, -0.25) is 0 Å². The molecule has 2 aromatic heterocycles. The topological polar surface area (TPSA) is 56.2 Å². The predicted molar refractivity (Wildman–Crippen MR) is 60.7 cm³/mol. The van der Waals surface area contributed by atoms with Gasteiger partial charge in [-0.2, -0.15) is 5.10 Å². The third-order valence-corrected chi connectivity index (χ3v) is 2.27. The van der Waals surface area contributed by atoms with Crippen molar-refractivity contribution in [1.29, 1.82) is 0 Å². The molecular formula is C11H16N4. The lowest BCUT2D eigenvalue weighted by Crippen LogP contribution is -1.97. The van der Waals surface area contributed by atoms with Crippen molar-refractivity contribution in [3.8, 4) is 0 Å². The number of aromatic nitrogens is 3. The molecule has 0 saturated carbocycles. The molecule has 0 aliphatic carbocycles. The summed E-state index contributed by atoms with van der Waals surface area (Å²) in [7, 11) is 0. The number of anilines is 1. The fraction of sp³-hybridized carbons (Fsp3) is 0.455. The number of fused-ring (bicyclic) bond motifs is 1. The van der Waals surface area contributed by atoms with Gasteiger partial charge in [0.05, 0.1) is 11.9 Å². The number of rotatable bonds is 2. The highest BCUT2D eigenvalue weighted by Crippen LogP contribution is 2.13. The Labute approximate surface area is 89.1 Å². The molecule has 2 N–H and O–H groups in total. The van der Waals surface area contributed by atoms with E-state index in [1.54, 1.807) is 10.7 Å². The average Bonchev–Trinajstić information content (AvgIpc) is 2.45. The molecule has 4 heteroatoms. The molecular weight excluding hydrogens is 188 g/mol. The highest BCUT2D eigenvalue weighted by Gasteiger charge is 2.07. The molecule has 0 radical (unpaired) electrons. The van der Waals surface area contributed by atoms with Gasteiger partial charge in [0.15, 0.2) is 11.5 Å². The summed E-state index contributed by atoms with van der Waals surface area (Å²) in [6.07, 6.45) is 2.71. The van der Waals surface area contributed by atoms with E-state index in [0.29, 0.717) is 5.92 Å². The quantitative estimate of drug-likeness (QED) is 0.811. The van der Waals surface area contributed by atoms with E-state index < -0.39 is 0 Å². The Bertz CT molecular complexity index is 485. The number of nitrogens with zero attached hydrogens (tertiary/aromatic N) is 3. The van der Waals surface area contributed by atoms with Crippen molar-refractivity contribution in [2.75, 3.05) is 5.73 Å². The van der Waals surface area contributed by atoms with Crippen LogP contribution in [0.4, 0.5) is 5.69 Å². The standard InChI is InChI=1S/C11H16N4/c1-7(2)4-10-13-11-8(3)5-9(12)6-15(11)14-10/h5-7H,4,12H2,1-3H3. The van der Waals surface area contributed by atoms with Gasteiger partial charge in [-0.15, -0.1) is 0 Å². The van der Waals surface area contributed by atoms with E-state index in [2.05, 4.69) is 23.9 Å². The van der Waals surface area contributed by atoms with Crippen molar-refractivity contribution >= 4 is 11.3 Å². The van der Waals surface area contributed by atoms with Crippen LogP contribution in [0.5, 0.6) is 0 Å². The second-order valence-corrected chi connectivity index (χ2v) is 4.35. The summed E-state index contributed by atoms with van der Waals surface area (Å²) in [5.74, 6) is 1.46. The SMILES string of the molecule is Cc1cc(N)cn2nc(CC(C)C)nc12. The maximum atomic E-state index is 5.75. The smallest absolute Gasteiger partial charge is 0.158 e. The van der Waals surface area contributed by atoms with Crippen molar-refractivity contribution in [3.63, 3.8) is 0 Å². The van der Waals surface area contributed by atoms with Gasteiger partial charge >= 0.3 is 0 Å². The molecule has 2 rings (SSSR count). The number of nitrogens with two attached hydrogens (primary N) is 1. The second kappa shape index (κ2) is 3.53. The Kier molecular flexibility index (Phi) is 2.34. The number of aryl methyl sites for hydroxylation is 1. The summed E-state index contributed by atoms with van der Waals surface area (Å²) in [4.78, 5) is 4.49. The summed E-state index contributed by atoms with van der Waals surface area (Å²) in [5, 5.41) is 4.40. The molecule has 4 nitrogen and oxygen atoms in total. The Morgan fingerprint density at radius 1 is 1.47 bits per heavy atom. The van der Waals surface area contributed by atoms with Gasteiger partial charge in [0.2, 0.25) is 0 Å². The molecule has 0 saturated heterocycles. The van der Waals surface area contributed by atoms with Gasteiger partial charge in [0, 0.05) is 6.42 Å². The third-order valence-electron chi connectivity index (χ3n) is 2.27. The van der Waals surface area contributed by atoms with Crippen LogP contribution in [-0.4, -0.2) is 14.6 Å². The monoisotopic (exact) mass is 204 g/mol. The molecule has 0 bridgehead atoms. The maximum Gasteiger partial charge on any atom is 0.158 e. The fourth-order valence-electron chi connectivity index (χ4n) is 1.67. The van der Waals surface area contributed by atoms with Gasteiger partial charge in [-0.1, -0.05) is 13.8 Å². The van der Waals surface area contributed by atoms with E-state index in [0.717, 1.165) is 29.1 Å². The van der Waals surface area contributed by atoms with Crippen LogP contribution in [0.2, 0.25) is 0 Å². The van der Waals surface area contributed by atoms with Crippen LogP contribution in [0.25, 0.3) is 5.65 Å². The summed E-state index contributed by atoms with van der Waals surface area (Å²) in [5.41, 5.74) is 8.44. The lowest BCUT2D eigenvalue weighted by atomic mass is 10.1. The largest absolute Gasteiger partial charge is 0.397 e. The maximum absolute atomic E-state index is 5.75. The molecule has 0 aliphatic heterocycles. The van der Waals surface area contributed by atoms with E-state index >= 15 is 0 Å². The molecule has 2 aromatic rings. The van der Waals surface area contributed by atoms with Crippen molar-refractivity contribution in [1.82, 2.24) is 14.6 Å². The Balaban J connectivity index is 2.50. The minimum Gasteiger partial charge on any atom is -0.397 e. The molecule has 0 fully saturated rings. The normalized spacial score (nSPS) is 11.5. The first-order chi connectivity index (χ1) is 7.06. The summed E-state index contributed by atoms with van der Waals surface area (Å²) >= 11 is 0. The van der Waals surface area contributed by atoms with Crippen LogP contribution in [0.3, 0.4) is 0 Å². The van der Waals surface area contributed by atoms with Crippen molar-refractivity contribution in [2.24, 2.45) is 5.92 Å². The minimum absolute atomic E-state index is 0.570. The first-order valence-corrected chi connectivity index (χ1v) is 5.17. The second-order valence-electron chi connectivity index (χ2n) is 4.35. The molecule has 0 atom stereocenters. The van der Waals surface area contributed by atoms with Crippen molar-refractivity contribution in [3.05, 3.63) is 23.7 Å². The van der Waals surface area contributed by atoms with E-state index in [1.165, 1.54) is 0 Å².